The van der Waals surface area contributed by atoms with E-state index in [1.807, 2.05) is 0 Å². The molecule has 110 valence electrons. The topological polar surface area (TPSA) is 15.8 Å². The van der Waals surface area contributed by atoms with E-state index in [1.165, 1.54) is 60.6 Å². The zero-order valence-electron chi connectivity index (χ0n) is 13.2. The molecule has 0 atom stereocenters. The van der Waals surface area contributed by atoms with Crippen molar-refractivity contribution in [3.05, 3.63) is 35.0 Å². The average molecular weight is 279 g/mol. The maximum absolute atomic E-state index is 3.61. The third-order valence-electron chi connectivity index (χ3n) is 6.74. The molecule has 4 saturated carbocycles. The van der Waals surface area contributed by atoms with Crippen molar-refractivity contribution in [2.24, 2.45) is 17.8 Å². The second-order valence-corrected chi connectivity index (χ2v) is 8.40. The molecule has 0 amide bonds. The van der Waals surface area contributed by atoms with Gasteiger partial charge < -0.3 is 4.98 Å². The molecule has 4 fully saturated rings. The SMILES string of the molecule is Cc1cc(C)c2[nH]cc(C34CC5CC(CC(C5)C3)C4)c2c1. The molecule has 21 heavy (non-hydrogen) atoms. The fraction of sp³-hybridized carbons (Fsp3) is 0.600. The fourth-order valence-electron chi connectivity index (χ4n) is 6.47. The van der Waals surface area contributed by atoms with E-state index in [0.29, 0.717) is 5.41 Å². The molecule has 4 bridgehead atoms. The van der Waals surface area contributed by atoms with Crippen molar-refractivity contribution in [3.63, 3.8) is 0 Å². The van der Waals surface area contributed by atoms with Gasteiger partial charge in [-0.2, -0.15) is 0 Å². The van der Waals surface area contributed by atoms with Crippen molar-refractivity contribution in [1.82, 2.24) is 4.98 Å². The monoisotopic (exact) mass is 279 g/mol. The van der Waals surface area contributed by atoms with Crippen molar-refractivity contribution >= 4 is 10.9 Å². The summed E-state index contributed by atoms with van der Waals surface area (Å²) in [5.74, 6) is 3.06. The van der Waals surface area contributed by atoms with Crippen LogP contribution in [0.3, 0.4) is 0 Å². The molecule has 1 aromatic carbocycles. The highest BCUT2D eigenvalue weighted by Crippen LogP contribution is 2.61. The molecular formula is C20H25N. The summed E-state index contributed by atoms with van der Waals surface area (Å²) in [5.41, 5.74) is 6.36. The molecule has 0 spiro atoms. The third kappa shape index (κ3) is 1.64. The van der Waals surface area contributed by atoms with Gasteiger partial charge in [-0.05, 0) is 92.7 Å². The summed E-state index contributed by atoms with van der Waals surface area (Å²) in [6, 6.07) is 4.73. The summed E-state index contributed by atoms with van der Waals surface area (Å²) in [7, 11) is 0. The second-order valence-electron chi connectivity index (χ2n) is 8.40. The summed E-state index contributed by atoms with van der Waals surface area (Å²) >= 11 is 0. The summed E-state index contributed by atoms with van der Waals surface area (Å²) in [5, 5.41) is 1.52. The number of hydrogen-bond acceptors (Lipinski definition) is 0. The van der Waals surface area contributed by atoms with Gasteiger partial charge in [0.15, 0.2) is 0 Å². The minimum Gasteiger partial charge on any atom is -0.361 e. The van der Waals surface area contributed by atoms with Crippen molar-refractivity contribution in [3.8, 4) is 0 Å². The van der Waals surface area contributed by atoms with Gasteiger partial charge >= 0.3 is 0 Å². The molecule has 1 heterocycles. The summed E-state index contributed by atoms with van der Waals surface area (Å²) in [4.78, 5) is 3.61. The highest BCUT2D eigenvalue weighted by Gasteiger charge is 2.52. The van der Waals surface area contributed by atoms with Crippen LogP contribution in [-0.4, -0.2) is 4.98 Å². The normalized spacial score (nSPS) is 37.5. The van der Waals surface area contributed by atoms with E-state index in [4.69, 9.17) is 0 Å². The van der Waals surface area contributed by atoms with Crippen LogP contribution in [0.2, 0.25) is 0 Å². The first-order chi connectivity index (χ1) is 10.1. The number of H-pyrrole nitrogens is 1. The van der Waals surface area contributed by atoms with Crippen LogP contribution in [0.4, 0.5) is 0 Å². The molecule has 0 saturated heterocycles. The van der Waals surface area contributed by atoms with Gasteiger partial charge in [0.1, 0.15) is 0 Å². The van der Waals surface area contributed by atoms with Crippen LogP contribution in [0.1, 0.15) is 55.2 Å². The van der Waals surface area contributed by atoms with Crippen molar-refractivity contribution in [2.45, 2.75) is 57.8 Å². The number of benzene rings is 1. The molecule has 0 aliphatic heterocycles. The lowest BCUT2D eigenvalue weighted by Gasteiger charge is -2.57. The first-order valence-corrected chi connectivity index (χ1v) is 8.72. The number of rotatable bonds is 1. The molecule has 4 aliphatic carbocycles. The Kier molecular flexibility index (Phi) is 2.31. The number of fused-ring (bicyclic) bond motifs is 1. The van der Waals surface area contributed by atoms with Crippen LogP contribution >= 0.6 is 0 Å². The molecule has 6 rings (SSSR count). The van der Waals surface area contributed by atoms with Gasteiger partial charge in [-0.25, -0.2) is 0 Å². The lowest BCUT2D eigenvalue weighted by molar-refractivity contribution is -0.00449. The maximum Gasteiger partial charge on any atom is 0.0486 e. The molecule has 1 aromatic heterocycles. The van der Waals surface area contributed by atoms with E-state index in [0.717, 1.165) is 17.8 Å². The van der Waals surface area contributed by atoms with Crippen molar-refractivity contribution in [1.29, 1.82) is 0 Å². The van der Waals surface area contributed by atoms with Gasteiger partial charge in [-0.3, -0.25) is 0 Å². The molecule has 1 heteroatoms. The standard InChI is InChI=1S/C20H25N/c1-12-3-13(2)19-17(4-12)18(11-21-19)20-8-14-5-15(9-20)7-16(6-14)10-20/h3-4,11,14-16,21H,5-10H2,1-2H3. The van der Waals surface area contributed by atoms with Crippen LogP contribution in [-0.2, 0) is 5.41 Å². The van der Waals surface area contributed by atoms with Gasteiger partial charge in [0.05, 0.1) is 0 Å². The molecule has 2 aromatic rings. The molecule has 0 radical (unpaired) electrons. The lowest BCUT2D eigenvalue weighted by atomic mass is 9.48. The second kappa shape index (κ2) is 3.94. The number of aromatic amines is 1. The number of aromatic nitrogens is 1. The Bertz CT molecular complexity index is 685. The van der Waals surface area contributed by atoms with E-state index in [2.05, 4.69) is 37.2 Å². The van der Waals surface area contributed by atoms with Gasteiger partial charge in [0.2, 0.25) is 0 Å². The number of nitrogens with one attached hydrogen (secondary N) is 1. The summed E-state index contributed by atoms with van der Waals surface area (Å²) in [6.45, 7) is 4.48. The minimum absolute atomic E-state index is 0.507. The number of aryl methyl sites for hydroxylation is 2. The van der Waals surface area contributed by atoms with Gasteiger partial charge in [-0.15, -0.1) is 0 Å². The van der Waals surface area contributed by atoms with Gasteiger partial charge in [0, 0.05) is 17.1 Å². The van der Waals surface area contributed by atoms with Crippen LogP contribution < -0.4 is 0 Å². The molecule has 4 aliphatic rings. The Morgan fingerprint density at radius 3 is 2.19 bits per heavy atom. The van der Waals surface area contributed by atoms with E-state index < -0.39 is 0 Å². The van der Waals surface area contributed by atoms with Crippen LogP contribution in [0, 0.1) is 31.6 Å². The molecule has 1 N–H and O–H groups in total. The number of hydrogen-bond donors (Lipinski definition) is 1. The quantitative estimate of drug-likeness (QED) is 0.733. The van der Waals surface area contributed by atoms with Crippen LogP contribution in [0.5, 0.6) is 0 Å². The Morgan fingerprint density at radius 2 is 1.57 bits per heavy atom. The van der Waals surface area contributed by atoms with Gasteiger partial charge in [-0.1, -0.05) is 11.6 Å². The zero-order chi connectivity index (χ0) is 14.2. The molecular weight excluding hydrogens is 254 g/mol. The maximum atomic E-state index is 3.61. The fourth-order valence-corrected chi connectivity index (χ4v) is 6.47. The predicted molar refractivity (Wildman–Crippen MR) is 87.6 cm³/mol. The van der Waals surface area contributed by atoms with Crippen LogP contribution in [0.15, 0.2) is 18.3 Å². The Balaban J connectivity index is 1.71. The van der Waals surface area contributed by atoms with Crippen LogP contribution in [0.25, 0.3) is 10.9 Å². The zero-order valence-corrected chi connectivity index (χ0v) is 13.2. The third-order valence-corrected chi connectivity index (χ3v) is 6.74. The van der Waals surface area contributed by atoms with E-state index in [1.54, 1.807) is 5.56 Å². The molecule has 1 nitrogen and oxygen atoms in total. The predicted octanol–water partition coefficient (Wildman–Crippen LogP) is 5.25. The van der Waals surface area contributed by atoms with E-state index >= 15 is 0 Å². The highest BCUT2D eigenvalue weighted by atomic mass is 14.7. The minimum atomic E-state index is 0.507. The van der Waals surface area contributed by atoms with E-state index in [-0.39, 0.29) is 0 Å². The van der Waals surface area contributed by atoms with Crippen molar-refractivity contribution < 1.29 is 0 Å². The first kappa shape index (κ1) is 12.3. The smallest absolute Gasteiger partial charge is 0.0486 e. The largest absolute Gasteiger partial charge is 0.361 e. The summed E-state index contributed by atoms with van der Waals surface area (Å²) < 4.78 is 0. The van der Waals surface area contributed by atoms with Crippen molar-refractivity contribution in [2.75, 3.05) is 0 Å². The Labute approximate surface area is 127 Å². The molecule has 0 unspecified atom stereocenters. The average Bonchev–Trinajstić information content (AvgIpc) is 2.81. The van der Waals surface area contributed by atoms with Gasteiger partial charge in [0.25, 0.3) is 0 Å². The lowest BCUT2D eigenvalue weighted by Crippen LogP contribution is -2.48. The Morgan fingerprint density at radius 1 is 0.952 bits per heavy atom. The van der Waals surface area contributed by atoms with E-state index in [9.17, 15) is 0 Å². The summed E-state index contributed by atoms with van der Waals surface area (Å²) in [6.07, 6.45) is 11.3. The highest BCUT2D eigenvalue weighted by molar-refractivity contribution is 5.87. The Hall–Kier alpha value is -1.24. The first-order valence-electron chi connectivity index (χ1n) is 8.72.